The minimum absolute atomic E-state index is 0.208. The Labute approximate surface area is 78.6 Å². The third-order valence-electron chi connectivity index (χ3n) is 1.85. The van der Waals surface area contributed by atoms with Crippen LogP contribution in [0.25, 0.3) is 0 Å². The van der Waals surface area contributed by atoms with Crippen molar-refractivity contribution >= 4 is 14.2 Å². The third kappa shape index (κ3) is 2.39. The number of urea groups is 1. The molecule has 0 radical (unpaired) electrons. The molecule has 0 spiro atoms. The van der Waals surface area contributed by atoms with E-state index in [1.165, 1.54) is 4.67 Å². The molecule has 13 heavy (non-hydrogen) atoms. The van der Waals surface area contributed by atoms with Crippen LogP contribution in [-0.4, -0.2) is 42.3 Å². The van der Waals surface area contributed by atoms with Gasteiger partial charge in [0.2, 0.25) is 0 Å². The molecule has 5 nitrogen and oxygen atoms in total. The van der Waals surface area contributed by atoms with Crippen molar-refractivity contribution in [3.05, 3.63) is 0 Å². The number of hydrogen-bond donors (Lipinski definition) is 0. The van der Waals surface area contributed by atoms with E-state index in [0.29, 0.717) is 13.2 Å². The molecule has 0 saturated carbocycles. The zero-order chi connectivity index (χ0) is 9.84. The highest BCUT2D eigenvalue weighted by Gasteiger charge is 2.39. The average Bonchev–Trinajstić information content (AvgIpc) is 2.10. The van der Waals surface area contributed by atoms with Crippen LogP contribution in [-0.2, 0) is 9.09 Å². The topological polar surface area (TPSA) is 49.9 Å². The first-order valence-corrected chi connectivity index (χ1v) is 5.42. The number of amides is 2. The van der Waals surface area contributed by atoms with Crippen LogP contribution in [0.5, 0.6) is 0 Å². The molecule has 1 rings (SSSR count). The van der Waals surface area contributed by atoms with Crippen molar-refractivity contribution < 1.29 is 13.9 Å². The van der Waals surface area contributed by atoms with Gasteiger partial charge in [0, 0.05) is 13.6 Å². The summed E-state index contributed by atoms with van der Waals surface area (Å²) in [5.74, 6) is 0. The molecular weight excluding hydrogens is 191 g/mol. The number of carbonyl (C=O) groups excluding carboxylic acids is 1. The monoisotopic (exact) mass is 205 g/mol. The first-order chi connectivity index (χ1) is 6.16. The Morgan fingerprint density at radius 3 is 2.85 bits per heavy atom. The number of rotatable bonds is 3. The predicted molar refractivity (Wildman–Crippen MR) is 48.6 cm³/mol. The van der Waals surface area contributed by atoms with E-state index >= 15 is 0 Å². The molecule has 0 aromatic rings. The SMILES string of the molecule is CCO[P+](=O)N1CCCN(C)C1=O. The predicted octanol–water partition coefficient (Wildman–Crippen LogP) is 1.44. The third-order valence-corrected chi connectivity index (χ3v) is 3.09. The quantitative estimate of drug-likeness (QED) is 0.655. The van der Waals surface area contributed by atoms with E-state index in [-0.39, 0.29) is 6.03 Å². The summed E-state index contributed by atoms with van der Waals surface area (Å²) >= 11 is 0. The van der Waals surface area contributed by atoms with E-state index in [0.717, 1.165) is 13.0 Å². The Hall–Kier alpha value is -0.670. The lowest BCUT2D eigenvalue weighted by Crippen LogP contribution is -2.43. The highest BCUT2D eigenvalue weighted by molar-refractivity contribution is 7.37. The molecule has 1 atom stereocenters. The molecule has 1 unspecified atom stereocenters. The summed E-state index contributed by atoms with van der Waals surface area (Å²) in [5.41, 5.74) is 0. The van der Waals surface area contributed by atoms with E-state index < -0.39 is 8.18 Å². The van der Waals surface area contributed by atoms with Gasteiger partial charge < -0.3 is 4.90 Å². The van der Waals surface area contributed by atoms with Crippen molar-refractivity contribution in [1.82, 2.24) is 9.57 Å². The maximum Gasteiger partial charge on any atom is 0.650 e. The van der Waals surface area contributed by atoms with Gasteiger partial charge in [-0.15, -0.1) is 4.52 Å². The first kappa shape index (κ1) is 10.4. The van der Waals surface area contributed by atoms with Gasteiger partial charge in [0.25, 0.3) is 0 Å². The molecule has 6 heteroatoms. The fourth-order valence-corrected chi connectivity index (χ4v) is 2.13. The van der Waals surface area contributed by atoms with Crippen molar-refractivity contribution in [3.63, 3.8) is 0 Å². The van der Waals surface area contributed by atoms with Crippen molar-refractivity contribution in [2.45, 2.75) is 13.3 Å². The van der Waals surface area contributed by atoms with Crippen molar-refractivity contribution in [1.29, 1.82) is 0 Å². The Balaban J connectivity index is 2.57. The van der Waals surface area contributed by atoms with Gasteiger partial charge in [0.1, 0.15) is 6.61 Å². The van der Waals surface area contributed by atoms with Gasteiger partial charge in [-0.05, 0) is 17.9 Å². The summed E-state index contributed by atoms with van der Waals surface area (Å²) in [6, 6.07) is -0.208. The van der Waals surface area contributed by atoms with Crippen LogP contribution in [0.2, 0.25) is 0 Å². The van der Waals surface area contributed by atoms with Gasteiger partial charge in [-0.1, -0.05) is 4.67 Å². The Morgan fingerprint density at radius 1 is 1.54 bits per heavy atom. The second-order valence-electron chi connectivity index (χ2n) is 2.84. The summed E-state index contributed by atoms with van der Waals surface area (Å²) in [4.78, 5) is 13.0. The van der Waals surface area contributed by atoms with Crippen LogP contribution in [0.15, 0.2) is 0 Å². The molecule has 1 aliphatic rings. The van der Waals surface area contributed by atoms with Crippen molar-refractivity contribution in [2.75, 3.05) is 26.7 Å². The van der Waals surface area contributed by atoms with E-state index in [1.54, 1.807) is 18.9 Å². The lowest BCUT2D eigenvalue weighted by atomic mass is 10.3. The zero-order valence-electron chi connectivity index (χ0n) is 7.89. The van der Waals surface area contributed by atoms with E-state index in [1.807, 2.05) is 0 Å². The normalized spacial score (nSPS) is 19.2. The van der Waals surface area contributed by atoms with Gasteiger partial charge >= 0.3 is 14.2 Å². The number of nitrogens with zero attached hydrogens (tertiary/aromatic N) is 2. The summed E-state index contributed by atoms with van der Waals surface area (Å²) in [5, 5.41) is 0. The molecular formula is C7H14N2O3P+. The van der Waals surface area contributed by atoms with Crippen LogP contribution in [0.3, 0.4) is 0 Å². The van der Waals surface area contributed by atoms with Crippen molar-refractivity contribution in [2.24, 2.45) is 0 Å². The van der Waals surface area contributed by atoms with Gasteiger partial charge in [0.05, 0.1) is 6.54 Å². The molecule has 1 saturated heterocycles. The molecule has 0 N–H and O–H groups in total. The fraction of sp³-hybridized carbons (Fsp3) is 0.857. The Morgan fingerprint density at radius 2 is 2.23 bits per heavy atom. The van der Waals surface area contributed by atoms with E-state index in [9.17, 15) is 9.36 Å². The summed E-state index contributed by atoms with van der Waals surface area (Å²) in [6.45, 7) is 3.37. The minimum Gasteiger partial charge on any atom is -0.325 e. The smallest absolute Gasteiger partial charge is 0.325 e. The zero-order valence-corrected chi connectivity index (χ0v) is 8.79. The Kier molecular flexibility index (Phi) is 3.63. The van der Waals surface area contributed by atoms with Crippen LogP contribution in [0.4, 0.5) is 4.79 Å². The minimum atomic E-state index is -1.97. The second-order valence-corrected chi connectivity index (χ2v) is 4.05. The molecule has 2 amide bonds. The van der Waals surface area contributed by atoms with Gasteiger partial charge in [0.15, 0.2) is 0 Å². The van der Waals surface area contributed by atoms with Crippen LogP contribution >= 0.6 is 8.18 Å². The van der Waals surface area contributed by atoms with E-state index in [2.05, 4.69) is 0 Å². The molecule has 0 aromatic heterocycles. The van der Waals surface area contributed by atoms with Crippen LogP contribution in [0.1, 0.15) is 13.3 Å². The van der Waals surface area contributed by atoms with Crippen LogP contribution < -0.4 is 0 Å². The van der Waals surface area contributed by atoms with Gasteiger partial charge in [-0.25, -0.2) is 4.79 Å². The summed E-state index contributed by atoms with van der Waals surface area (Å²) in [7, 11) is -0.275. The molecule has 1 heterocycles. The molecule has 74 valence electrons. The molecule has 1 fully saturated rings. The Bertz CT molecular complexity index is 222. The number of hydrogen-bond acceptors (Lipinski definition) is 3. The van der Waals surface area contributed by atoms with Crippen molar-refractivity contribution in [3.8, 4) is 0 Å². The molecule has 1 aliphatic heterocycles. The highest BCUT2D eigenvalue weighted by atomic mass is 31.1. The average molecular weight is 205 g/mol. The first-order valence-electron chi connectivity index (χ1n) is 4.29. The maximum atomic E-state index is 11.4. The standard InChI is InChI=1S/C7H14N2O3P/c1-3-12-13(11)9-6-4-5-8(2)7(9)10/h3-6H2,1-2H3/q+1. The summed E-state index contributed by atoms with van der Waals surface area (Å²) in [6.07, 6.45) is 0.844. The number of carbonyl (C=O) groups is 1. The largest absolute Gasteiger partial charge is 0.650 e. The lowest BCUT2D eigenvalue weighted by molar-refractivity contribution is 0.165. The lowest BCUT2D eigenvalue weighted by Gasteiger charge is -2.24. The summed E-state index contributed by atoms with van der Waals surface area (Å²) < 4.78 is 17.5. The molecule has 0 aliphatic carbocycles. The van der Waals surface area contributed by atoms with Gasteiger partial charge in [-0.2, -0.15) is 0 Å². The second kappa shape index (κ2) is 4.53. The highest BCUT2D eigenvalue weighted by Crippen LogP contribution is 2.31. The van der Waals surface area contributed by atoms with Crippen LogP contribution in [0, 0.1) is 0 Å². The van der Waals surface area contributed by atoms with Gasteiger partial charge in [-0.3, -0.25) is 0 Å². The molecule has 0 aromatic carbocycles. The fourth-order valence-electron chi connectivity index (χ4n) is 1.18. The molecule has 0 bridgehead atoms. The maximum absolute atomic E-state index is 11.4. The van der Waals surface area contributed by atoms with E-state index in [4.69, 9.17) is 4.52 Å².